The van der Waals surface area contributed by atoms with Crippen LogP contribution in [0.2, 0.25) is 0 Å². The lowest BCUT2D eigenvalue weighted by molar-refractivity contribution is 0.792. The van der Waals surface area contributed by atoms with Crippen LogP contribution >= 0.6 is 0 Å². The highest BCUT2D eigenvalue weighted by molar-refractivity contribution is 5.50. The van der Waals surface area contributed by atoms with E-state index in [0.29, 0.717) is 0 Å². The Labute approximate surface area is 94.1 Å². The van der Waals surface area contributed by atoms with Crippen molar-refractivity contribution in [2.24, 2.45) is 0 Å². The van der Waals surface area contributed by atoms with Crippen molar-refractivity contribution in [1.82, 2.24) is 14.8 Å². The quantitative estimate of drug-likeness (QED) is 0.785. The van der Waals surface area contributed by atoms with Gasteiger partial charge < -0.3 is 5.73 Å². The lowest BCUT2D eigenvalue weighted by Gasteiger charge is -2.04. The lowest BCUT2D eigenvalue weighted by Crippen LogP contribution is -2.05. The standard InChI is InChI=1S/C12H14N4/c1-8-5-6-14-11(7-8)16-12(13)9-3-2-4-10(9)15-16/h5-7H,2-4,13H2,1H3. The summed E-state index contributed by atoms with van der Waals surface area (Å²) in [6.45, 7) is 2.04. The van der Waals surface area contributed by atoms with Gasteiger partial charge in [0, 0.05) is 11.8 Å². The van der Waals surface area contributed by atoms with Crippen LogP contribution in [0.5, 0.6) is 0 Å². The summed E-state index contributed by atoms with van der Waals surface area (Å²) in [6.07, 6.45) is 5.05. The molecule has 2 aromatic rings. The molecule has 0 fully saturated rings. The Bertz CT molecular complexity index is 542. The molecule has 0 amide bonds. The third-order valence-corrected chi connectivity index (χ3v) is 3.06. The number of nitrogens with zero attached hydrogens (tertiary/aromatic N) is 3. The molecule has 0 saturated carbocycles. The fourth-order valence-corrected chi connectivity index (χ4v) is 2.23. The third kappa shape index (κ3) is 1.30. The summed E-state index contributed by atoms with van der Waals surface area (Å²) in [5.41, 5.74) is 9.61. The Morgan fingerprint density at radius 2 is 2.25 bits per heavy atom. The molecule has 1 aliphatic carbocycles. The van der Waals surface area contributed by atoms with Gasteiger partial charge in [-0.25, -0.2) is 4.98 Å². The molecule has 0 radical (unpaired) electrons. The molecule has 4 nitrogen and oxygen atoms in total. The molecule has 16 heavy (non-hydrogen) atoms. The maximum absolute atomic E-state index is 6.10. The molecule has 82 valence electrons. The van der Waals surface area contributed by atoms with Crippen molar-refractivity contribution in [3.63, 3.8) is 0 Å². The monoisotopic (exact) mass is 214 g/mol. The SMILES string of the molecule is Cc1ccnc(-n2nc3c(c2N)CCC3)c1. The van der Waals surface area contributed by atoms with E-state index >= 15 is 0 Å². The minimum atomic E-state index is 0.755. The fraction of sp³-hybridized carbons (Fsp3) is 0.333. The molecule has 3 rings (SSSR count). The summed E-state index contributed by atoms with van der Waals surface area (Å²) in [4.78, 5) is 4.30. The van der Waals surface area contributed by atoms with Gasteiger partial charge in [0.2, 0.25) is 0 Å². The van der Waals surface area contributed by atoms with E-state index in [1.54, 1.807) is 10.9 Å². The van der Waals surface area contributed by atoms with Gasteiger partial charge in [-0.05, 0) is 43.9 Å². The molecule has 0 atom stereocenters. The number of nitrogen functional groups attached to an aromatic ring is 1. The Morgan fingerprint density at radius 1 is 1.38 bits per heavy atom. The molecule has 2 N–H and O–H groups in total. The molecule has 0 spiro atoms. The molecular formula is C12H14N4. The third-order valence-electron chi connectivity index (χ3n) is 3.06. The van der Waals surface area contributed by atoms with Crippen molar-refractivity contribution >= 4 is 5.82 Å². The first-order valence-corrected chi connectivity index (χ1v) is 5.55. The van der Waals surface area contributed by atoms with Gasteiger partial charge >= 0.3 is 0 Å². The number of nitrogens with two attached hydrogens (primary N) is 1. The maximum atomic E-state index is 6.10. The first-order chi connectivity index (χ1) is 7.75. The lowest BCUT2D eigenvalue weighted by atomic mass is 10.2. The number of pyridine rings is 1. The van der Waals surface area contributed by atoms with Crippen molar-refractivity contribution in [3.8, 4) is 5.82 Å². The summed E-state index contributed by atoms with van der Waals surface area (Å²) in [5, 5.41) is 4.53. The Kier molecular flexibility index (Phi) is 1.96. The van der Waals surface area contributed by atoms with E-state index in [4.69, 9.17) is 5.73 Å². The van der Waals surface area contributed by atoms with Gasteiger partial charge in [-0.1, -0.05) is 0 Å². The minimum Gasteiger partial charge on any atom is -0.383 e. The summed E-state index contributed by atoms with van der Waals surface area (Å²) in [5.74, 6) is 1.57. The number of hydrogen-bond acceptors (Lipinski definition) is 3. The van der Waals surface area contributed by atoms with E-state index in [1.165, 1.54) is 17.5 Å². The van der Waals surface area contributed by atoms with Crippen molar-refractivity contribution < 1.29 is 0 Å². The van der Waals surface area contributed by atoms with Gasteiger partial charge in [-0.3, -0.25) is 0 Å². The van der Waals surface area contributed by atoms with E-state index in [9.17, 15) is 0 Å². The molecule has 0 aromatic carbocycles. The largest absolute Gasteiger partial charge is 0.383 e. The molecule has 0 aliphatic heterocycles. The smallest absolute Gasteiger partial charge is 0.155 e. The average molecular weight is 214 g/mol. The highest BCUT2D eigenvalue weighted by Gasteiger charge is 2.21. The maximum Gasteiger partial charge on any atom is 0.155 e. The number of aromatic nitrogens is 3. The normalized spacial score (nSPS) is 14.1. The van der Waals surface area contributed by atoms with E-state index in [0.717, 1.165) is 30.2 Å². The van der Waals surface area contributed by atoms with Gasteiger partial charge in [0.05, 0.1) is 5.69 Å². The van der Waals surface area contributed by atoms with Crippen LogP contribution in [0.15, 0.2) is 18.3 Å². The molecule has 1 aliphatic rings. The second-order valence-corrected chi connectivity index (χ2v) is 4.27. The van der Waals surface area contributed by atoms with Crippen molar-refractivity contribution in [2.75, 3.05) is 5.73 Å². The zero-order valence-electron chi connectivity index (χ0n) is 9.27. The van der Waals surface area contributed by atoms with Crippen LogP contribution in [0.25, 0.3) is 5.82 Å². The molecule has 2 heterocycles. The zero-order chi connectivity index (χ0) is 11.1. The zero-order valence-corrected chi connectivity index (χ0v) is 9.27. The molecule has 2 aromatic heterocycles. The molecule has 4 heteroatoms. The first kappa shape index (κ1) is 9.39. The van der Waals surface area contributed by atoms with Crippen LogP contribution in [0.4, 0.5) is 5.82 Å². The van der Waals surface area contributed by atoms with Crippen LogP contribution in [-0.2, 0) is 12.8 Å². The van der Waals surface area contributed by atoms with Gasteiger partial charge in [0.1, 0.15) is 5.82 Å². The van der Waals surface area contributed by atoms with Crippen molar-refractivity contribution in [1.29, 1.82) is 0 Å². The van der Waals surface area contributed by atoms with Gasteiger partial charge in [-0.15, -0.1) is 0 Å². The molecule has 0 saturated heterocycles. The topological polar surface area (TPSA) is 56.7 Å². The molecular weight excluding hydrogens is 200 g/mol. The number of anilines is 1. The van der Waals surface area contributed by atoms with Crippen LogP contribution in [0, 0.1) is 6.92 Å². The highest BCUT2D eigenvalue weighted by atomic mass is 15.3. The first-order valence-electron chi connectivity index (χ1n) is 5.55. The minimum absolute atomic E-state index is 0.755. The Hall–Kier alpha value is -1.84. The van der Waals surface area contributed by atoms with Crippen molar-refractivity contribution in [3.05, 3.63) is 35.2 Å². The number of aryl methyl sites for hydroxylation is 2. The Morgan fingerprint density at radius 3 is 3.00 bits per heavy atom. The van der Waals surface area contributed by atoms with Crippen molar-refractivity contribution in [2.45, 2.75) is 26.2 Å². The van der Waals surface area contributed by atoms with E-state index in [1.807, 2.05) is 19.1 Å². The second kappa shape index (κ2) is 3.33. The van der Waals surface area contributed by atoms with E-state index in [-0.39, 0.29) is 0 Å². The molecule has 0 bridgehead atoms. The average Bonchev–Trinajstić information content (AvgIpc) is 2.82. The Balaban J connectivity index is 2.14. The highest BCUT2D eigenvalue weighted by Crippen LogP contribution is 2.28. The van der Waals surface area contributed by atoms with Gasteiger partial charge in [0.25, 0.3) is 0 Å². The fourth-order valence-electron chi connectivity index (χ4n) is 2.23. The summed E-state index contributed by atoms with van der Waals surface area (Å²) >= 11 is 0. The number of rotatable bonds is 1. The number of hydrogen-bond donors (Lipinski definition) is 1. The van der Waals surface area contributed by atoms with Crippen LogP contribution in [-0.4, -0.2) is 14.8 Å². The molecule has 0 unspecified atom stereocenters. The van der Waals surface area contributed by atoms with E-state index in [2.05, 4.69) is 10.1 Å². The summed E-state index contributed by atoms with van der Waals surface area (Å²) < 4.78 is 1.76. The van der Waals surface area contributed by atoms with Crippen LogP contribution < -0.4 is 5.73 Å². The summed E-state index contributed by atoms with van der Waals surface area (Å²) in [6, 6.07) is 3.97. The van der Waals surface area contributed by atoms with Crippen LogP contribution in [0.3, 0.4) is 0 Å². The van der Waals surface area contributed by atoms with Gasteiger partial charge in [-0.2, -0.15) is 9.78 Å². The number of fused-ring (bicyclic) bond motifs is 1. The van der Waals surface area contributed by atoms with Gasteiger partial charge in [0.15, 0.2) is 5.82 Å². The predicted molar refractivity (Wildman–Crippen MR) is 62.5 cm³/mol. The van der Waals surface area contributed by atoms with Crippen LogP contribution in [0.1, 0.15) is 23.2 Å². The van der Waals surface area contributed by atoms with E-state index < -0.39 is 0 Å². The second-order valence-electron chi connectivity index (χ2n) is 4.27. The summed E-state index contributed by atoms with van der Waals surface area (Å²) in [7, 11) is 0. The predicted octanol–water partition coefficient (Wildman–Crippen LogP) is 1.65.